The summed E-state index contributed by atoms with van der Waals surface area (Å²) >= 11 is 3.16. The minimum absolute atomic E-state index is 0.146. The van der Waals surface area contributed by atoms with Crippen LogP contribution < -0.4 is 10.5 Å². The number of nitrogens with two attached hydrogens (primary N) is 1. The number of nitro benzene ring substituents is 1. The number of hydrogen-bond donors (Lipinski definition) is 1. The van der Waals surface area contributed by atoms with E-state index in [0.717, 1.165) is 0 Å². The smallest absolute Gasteiger partial charge is 0.286 e. The molecule has 0 bridgehead atoms. The van der Waals surface area contributed by atoms with Gasteiger partial charge in [0.1, 0.15) is 11.3 Å². The van der Waals surface area contributed by atoms with Crippen LogP contribution in [0, 0.1) is 17.0 Å². The summed E-state index contributed by atoms with van der Waals surface area (Å²) in [6.07, 6.45) is 0. The van der Waals surface area contributed by atoms with E-state index in [1.165, 1.54) is 13.2 Å². The Bertz CT molecular complexity index is 488. The van der Waals surface area contributed by atoms with E-state index in [9.17, 15) is 14.9 Å². The molecule has 1 amide bonds. The van der Waals surface area contributed by atoms with Crippen molar-refractivity contribution < 1.29 is 14.5 Å². The van der Waals surface area contributed by atoms with Crippen molar-refractivity contribution in [2.45, 2.75) is 12.3 Å². The Balaban J connectivity index is 3.70. The zero-order valence-corrected chi connectivity index (χ0v) is 10.9. The lowest BCUT2D eigenvalue weighted by molar-refractivity contribution is -0.385. The molecule has 1 rings (SSSR count). The Kier molecular flexibility index (Phi) is 4.06. The molecule has 0 spiro atoms. The Morgan fingerprint density at radius 2 is 2.24 bits per heavy atom. The third kappa shape index (κ3) is 2.38. The van der Waals surface area contributed by atoms with Crippen LogP contribution in [0.2, 0.25) is 0 Å². The largest absolute Gasteiger partial charge is 0.496 e. The van der Waals surface area contributed by atoms with Gasteiger partial charge in [-0.3, -0.25) is 14.9 Å². The molecular weight excluding hydrogens is 292 g/mol. The van der Waals surface area contributed by atoms with E-state index in [-0.39, 0.29) is 16.6 Å². The van der Waals surface area contributed by atoms with Crippen LogP contribution in [0.25, 0.3) is 0 Å². The lowest BCUT2D eigenvalue weighted by Gasteiger charge is -2.11. The Morgan fingerprint density at radius 3 is 2.59 bits per heavy atom. The molecule has 0 aliphatic heterocycles. The quantitative estimate of drug-likeness (QED) is 0.522. The molecule has 0 fully saturated rings. The van der Waals surface area contributed by atoms with Gasteiger partial charge in [0, 0.05) is 22.5 Å². The van der Waals surface area contributed by atoms with Gasteiger partial charge in [-0.25, -0.2) is 0 Å². The Hall–Kier alpha value is -1.63. The summed E-state index contributed by atoms with van der Waals surface area (Å²) < 4.78 is 5.06. The summed E-state index contributed by atoms with van der Waals surface area (Å²) in [5.41, 5.74) is 5.72. The number of nitrogens with zero attached hydrogens (tertiary/aromatic N) is 1. The molecule has 1 aromatic rings. The monoisotopic (exact) mass is 302 g/mol. The SMILES string of the molecule is COc1cc(C(N)=O)c([N+](=O)[O-])c(CBr)c1C. The molecule has 92 valence electrons. The first kappa shape index (κ1) is 13.4. The van der Waals surface area contributed by atoms with Crippen molar-refractivity contribution in [3.8, 4) is 5.75 Å². The number of nitro groups is 1. The van der Waals surface area contributed by atoms with Crippen LogP contribution >= 0.6 is 15.9 Å². The zero-order valence-electron chi connectivity index (χ0n) is 9.32. The molecule has 0 atom stereocenters. The first-order valence-electron chi connectivity index (χ1n) is 4.64. The molecule has 0 saturated carbocycles. The first-order valence-corrected chi connectivity index (χ1v) is 5.76. The summed E-state index contributed by atoms with van der Waals surface area (Å²) in [5.74, 6) is -0.448. The molecule has 0 unspecified atom stereocenters. The van der Waals surface area contributed by atoms with Gasteiger partial charge in [-0.1, -0.05) is 15.9 Å². The molecule has 17 heavy (non-hydrogen) atoms. The molecule has 0 saturated heterocycles. The van der Waals surface area contributed by atoms with E-state index in [1.807, 2.05) is 0 Å². The molecule has 2 N–H and O–H groups in total. The molecule has 0 radical (unpaired) electrons. The maximum atomic E-state index is 11.2. The van der Waals surface area contributed by atoms with Gasteiger partial charge in [-0.15, -0.1) is 0 Å². The Labute approximate surface area is 106 Å². The second kappa shape index (κ2) is 5.13. The molecule has 0 heterocycles. The van der Waals surface area contributed by atoms with Crippen LogP contribution in [-0.2, 0) is 5.33 Å². The number of methoxy groups -OCH3 is 1. The number of benzene rings is 1. The standard InChI is InChI=1S/C10H11BrN2O4/c1-5-7(4-11)9(13(15)16)6(10(12)14)3-8(5)17-2/h3H,4H2,1-2H3,(H2,12,14). The van der Waals surface area contributed by atoms with Crippen molar-refractivity contribution in [2.75, 3.05) is 7.11 Å². The van der Waals surface area contributed by atoms with Gasteiger partial charge in [0.05, 0.1) is 12.0 Å². The number of carbonyl (C=O) groups excluding carboxylic acids is 1. The minimum Gasteiger partial charge on any atom is -0.496 e. The Morgan fingerprint density at radius 1 is 1.65 bits per heavy atom. The average Bonchev–Trinajstić information content (AvgIpc) is 2.27. The lowest BCUT2D eigenvalue weighted by Crippen LogP contribution is -2.15. The van der Waals surface area contributed by atoms with Crippen molar-refractivity contribution in [2.24, 2.45) is 5.73 Å². The van der Waals surface area contributed by atoms with Gasteiger partial charge >= 0.3 is 0 Å². The molecule has 0 aliphatic carbocycles. The van der Waals surface area contributed by atoms with Crippen molar-refractivity contribution in [1.29, 1.82) is 0 Å². The second-order valence-corrected chi connectivity index (χ2v) is 3.89. The molecule has 7 heteroatoms. The minimum atomic E-state index is -0.850. The van der Waals surface area contributed by atoms with E-state index >= 15 is 0 Å². The van der Waals surface area contributed by atoms with E-state index in [4.69, 9.17) is 10.5 Å². The van der Waals surface area contributed by atoms with Crippen LogP contribution in [0.4, 0.5) is 5.69 Å². The normalized spacial score (nSPS) is 10.1. The van der Waals surface area contributed by atoms with Gasteiger partial charge in [-0.2, -0.15) is 0 Å². The molecule has 0 aromatic heterocycles. The number of ether oxygens (including phenoxy) is 1. The highest BCUT2D eigenvalue weighted by molar-refractivity contribution is 9.08. The van der Waals surface area contributed by atoms with Gasteiger partial charge in [0.15, 0.2) is 0 Å². The van der Waals surface area contributed by atoms with E-state index in [2.05, 4.69) is 15.9 Å². The van der Waals surface area contributed by atoms with E-state index < -0.39 is 10.8 Å². The zero-order chi connectivity index (χ0) is 13.2. The summed E-state index contributed by atoms with van der Waals surface area (Å²) in [7, 11) is 1.43. The summed E-state index contributed by atoms with van der Waals surface area (Å²) in [5, 5.41) is 11.2. The number of rotatable bonds is 4. The summed E-state index contributed by atoms with van der Waals surface area (Å²) in [6.45, 7) is 1.69. The number of halogens is 1. The molecular formula is C10H11BrN2O4. The van der Waals surface area contributed by atoms with Crippen LogP contribution in [0.1, 0.15) is 21.5 Å². The molecule has 6 nitrogen and oxygen atoms in total. The molecule has 0 aliphatic rings. The number of alkyl halides is 1. The highest BCUT2D eigenvalue weighted by Crippen LogP contribution is 2.34. The number of hydrogen-bond acceptors (Lipinski definition) is 4. The van der Waals surface area contributed by atoms with Gasteiger partial charge < -0.3 is 10.5 Å². The predicted octanol–water partition coefficient (Wildman–Crippen LogP) is 1.91. The van der Waals surface area contributed by atoms with Crippen molar-refractivity contribution in [3.05, 3.63) is 32.9 Å². The van der Waals surface area contributed by atoms with E-state index in [1.54, 1.807) is 6.92 Å². The highest BCUT2D eigenvalue weighted by atomic mass is 79.9. The number of amides is 1. The first-order chi connectivity index (χ1) is 7.93. The number of primary amides is 1. The van der Waals surface area contributed by atoms with E-state index in [0.29, 0.717) is 16.9 Å². The third-order valence-electron chi connectivity index (χ3n) is 2.44. The van der Waals surface area contributed by atoms with Crippen LogP contribution in [0.3, 0.4) is 0 Å². The van der Waals surface area contributed by atoms with Crippen molar-refractivity contribution in [1.82, 2.24) is 0 Å². The summed E-state index contributed by atoms with van der Waals surface area (Å²) in [4.78, 5) is 21.6. The highest BCUT2D eigenvalue weighted by Gasteiger charge is 2.26. The maximum absolute atomic E-state index is 11.2. The van der Waals surface area contributed by atoms with Gasteiger partial charge in [0.25, 0.3) is 11.6 Å². The topological polar surface area (TPSA) is 95.5 Å². The van der Waals surface area contributed by atoms with Crippen LogP contribution in [-0.4, -0.2) is 17.9 Å². The van der Waals surface area contributed by atoms with Gasteiger partial charge in [-0.05, 0) is 6.92 Å². The van der Waals surface area contributed by atoms with Gasteiger partial charge in [0.2, 0.25) is 0 Å². The van der Waals surface area contributed by atoms with Crippen molar-refractivity contribution in [3.63, 3.8) is 0 Å². The van der Waals surface area contributed by atoms with Crippen LogP contribution in [0.15, 0.2) is 6.07 Å². The fourth-order valence-electron chi connectivity index (χ4n) is 1.57. The third-order valence-corrected chi connectivity index (χ3v) is 3.00. The fourth-order valence-corrected chi connectivity index (χ4v) is 2.25. The molecule has 1 aromatic carbocycles. The summed E-state index contributed by atoms with van der Waals surface area (Å²) in [6, 6.07) is 1.29. The second-order valence-electron chi connectivity index (χ2n) is 3.33. The fraction of sp³-hybridized carbons (Fsp3) is 0.300. The van der Waals surface area contributed by atoms with Crippen LogP contribution in [0.5, 0.6) is 5.75 Å². The number of carbonyl (C=O) groups is 1. The maximum Gasteiger partial charge on any atom is 0.286 e. The van der Waals surface area contributed by atoms with Crippen molar-refractivity contribution >= 4 is 27.5 Å². The predicted molar refractivity (Wildman–Crippen MR) is 65.5 cm³/mol. The lowest BCUT2D eigenvalue weighted by atomic mass is 10.0. The average molecular weight is 303 g/mol.